The number of carbonyl (C=O) groups is 1. The summed E-state index contributed by atoms with van der Waals surface area (Å²) in [6.07, 6.45) is 0. The van der Waals surface area contributed by atoms with Crippen LogP contribution in [0.4, 0.5) is 9.18 Å². The summed E-state index contributed by atoms with van der Waals surface area (Å²) < 4.78 is 38.1. The lowest BCUT2D eigenvalue weighted by atomic mass is 10.2. The Bertz CT molecular complexity index is 802. The van der Waals surface area contributed by atoms with Crippen LogP contribution in [-0.4, -0.2) is 32.8 Å². The number of nitrogens with zero attached hydrogens (tertiary/aromatic N) is 1. The van der Waals surface area contributed by atoms with E-state index in [0.717, 1.165) is 26.1 Å². The Labute approximate surface area is 144 Å². The van der Waals surface area contributed by atoms with Crippen LogP contribution in [-0.2, 0) is 23.1 Å². The van der Waals surface area contributed by atoms with E-state index in [4.69, 9.17) is 0 Å². The van der Waals surface area contributed by atoms with Crippen LogP contribution in [0.5, 0.6) is 0 Å². The summed E-state index contributed by atoms with van der Waals surface area (Å²) in [6, 6.07) is 8.64. The first-order valence-electron chi connectivity index (χ1n) is 7.06. The van der Waals surface area contributed by atoms with Crippen LogP contribution in [0.25, 0.3) is 0 Å². The molecule has 2 amide bonds. The highest BCUT2D eigenvalue weighted by molar-refractivity contribution is 7.91. The van der Waals surface area contributed by atoms with E-state index in [-0.39, 0.29) is 29.1 Å². The number of hydrogen-bond acceptors (Lipinski definition) is 4. The molecule has 130 valence electrons. The summed E-state index contributed by atoms with van der Waals surface area (Å²) >= 11 is 1.11. The van der Waals surface area contributed by atoms with Crippen molar-refractivity contribution in [3.8, 4) is 0 Å². The second-order valence-corrected chi connectivity index (χ2v) is 8.72. The van der Waals surface area contributed by atoms with E-state index in [1.54, 1.807) is 18.2 Å². The van der Waals surface area contributed by atoms with Gasteiger partial charge in [-0.2, -0.15) is 0 Å². The fourth-order valence-electron chi connectivity index (χ4n) is 1.79. The fraction of sp³-hybridized carbons (Fsp3) is 0.267. The summed E-state index contributed by atoms with van der Waals surface area (Å²) in [6.45, 7) is 0.500. The van der Waals surface area contributed by atoms with Crippen molar-refractivity contribution in [2.75, 3.05) is 14.1 Å². The first-order valence-corrected chi connectivity index (χ1v) is 9.32. The zero-order valence-electron chi connectivity index (χ0n) is 13.2. The van der Waals surface area contributed by atoms with E-state index >= 15 is 0 Å². The topological polar surface area (TPSA) is 78.5 Å². The maximum atomic E-state index is 12.8. The van der Waals surface area contributed by atoms with Gasteiger partial charge >= 0.3 is 6.03 Å². The molecular formula is C15H18FN3O3S2. The molecule has 1 aromatic heterocycles. The SMILES string of the molecule is CN(C)S(=O)(=O)c1ccc(CNC(=O)NCc2ccc(F)cc2)s1. The minimum Gasteiger partial charge on any atom is -0.334 e. The molecule has 0 radical (unpaired) electrons. The number of hydrogen-bond donors (Lipinski definition) is 2. The molecule has 0 spiro atoms. The maximum Gasteiger partial charge on any atom is 0.315 e. The van der Waals surface area contributed by atoms with Crippen LogP contribution in [0.2, 0.25) is 0 Å². The molecule has 2 N–H and O–H groups in total. The highest BCUT2D eigenvalue weighted by Gasteiger charge is 2.19. The van der Waals surface area contributed by atoms with Gasteiger partial charge in [-0.05, 0) is 29.8 Å². The fourth-order valence-corrected chi connectivity index (χ4v) is 4.25. The molecule has 0 aliphatic carbocycles. The molecule has 2 aromatic rings. The lowest BCUT2D eigenvalue weighted by molar-refractivity contribution is 0.240. The van der Waals surface area contributed by atoms with Crippen molar-refractivity contribution in [2.45, 2.75) is 17.3 Å². The average molecular weight is 371 g/mol. The molecule has 0 unspecified atom stereocenters. The third kappa shape index (κ3) is 4.76. The summed E-state index contributed by atoms with van der Waals surface area (Å²) in [5.74, 6) is -0.329. The first-order chi connectivity index (χ1) is 11.3. The van der Waals surface area contributed by atoms with Crippen LogP contribution in [0.15, 0.2) is 40.6 Å². The molecule has 0 saturated carbocycles. The standard InChI is InChI=1S/C15H18FN3O3S2/c1-19(2)24(21,22)14-8-7-13(23-14)10-18-15(20)17-9-11-3-5-12(16)6-4-11/h3-8H,9-10H2,1-2H3,(H2,17,18,20). The van der Waals surface area contributed by atoms with Gasteiger partial charge in [0.05, 0.1) is 6.54 Å². The summed E-state index contributed by atoms with van der Waals surface area (Å²) in [5, 5.41) is 5.30. The molecule has 24 heavy (non-hydrogen) atoms. The largest absolute Gasteiger partial charge is 0.334 e. The molecule has 1 aromatic carbocycles. The zero-order chi connectivity index (χ0) is 17.7. The maximum absolute atomic E-state index is 12.8. The second kappa shape index (κ2) is 7.73. The van der Waals surface area contributed by atoms with Crippen molar-refractivity contribution < 1.29 is 17.6 Å². The molecule has 0 aliphatic heterocycles. The third-order valence-electron chi connectivity index (χ3n) is 3.16. The van der Waals surface area contributed by atoms with E-state index in [2.05, 4.69) is 10.6 Å². The molecular weight excluding hydrogens is 353 g/mol. The van der Waals surface area contributed by atoms with E-state index in [9.17, 15) is 17.6 Å². The van der Waals surface area contributed by atoms with Gasteiger partial charge in [-0.1, -0.05) is 12.1 Å². The third-order valence-corrected chi connectivity index (χ3v) is 6.53. The van der Waals surface area contributed by atoms with Gasteiger partial charge in [-0.3, -0.25) is 0 Å². The highest BCUT2D eigenvalue weighted by Crippen LogP contribution is 2.23. The summed E-state index contributed by atoms with van der Waals surface area (Å²) in [4.78, 5) is 12.5. The van der Waals surface area contributed by atoms with E-state index in [1.807, 2.05) is 0 Å². The van der Waals surface area contributed by atoms with Crippen LogP contribution in [0.3, 0.4) is 0 Å². The van der Waals surface area contributed by atoms with Crippen LogP contribution in [0, 0.1) is 5.82 Å². The lowest BCUT2D eigenvalue weighted by Gasteiger charge is -2.08. The minimum atomic E-state index is -3.45. The number of sulfonamides is 1. The number of nitrogens with one attached hydrogen (secondary N) is 2. The van der Waals surface area contributed by atoms with Crippen LogP contribution >= 0.6 is 11.3 Å². The van der Waals surface area contributed by atoms with Crippen molar-refractivity contribution in [1.82, 2.24) is 14.9 Å². The van der Waals surface area contributed by atoms with Gasteiger partial charge < -0.3 is 10.6 Å². The van der Waals surface area contributed by atoms with Gasteiger partial charge in [0, 0.05) is 25.5 Å². The minimum absolute atomic E-state index is 0.225. The van der Waals surface area contributed by atoms with Gasteiger partial charge in [0.2, 0.25) is 0 Å². The first kappa shape index (κ1) is 18.4. The predicted molar refractivity (Wildman–Crippen MR) is 90.7 cm³/mol. The highest BCUT2D eigenvalue weighted by atomic mass is 32.2. The number of thiophene rings is 1. The zero-order valence-corrected chi connectivity index (χ0v) is 14.9. The molecule has 0 atom stereocenters. The Morgan fingerprint density at radius 2 is 1.71 bits per heavy atom. The van der Waals surface area contributed by atoms with E-state index in [1.165, 1.54) is 32.3 Å². The number of benzene rings is 1. The van der Waals surface area contributed by atoms with Crippen molar-refractivity contribution in [1.29, 1.82) is 0 Å². The van der Waals surface area contributed by atoms with Crippen molar-refractivity contribution >= 4 is 27.4 Å². The molecule has 2 rings (SSSR count). The molecule has 9 heteroatoms. The molecule has 1 heterocycles. The van der Waals surface area contributed by atoms with Gasteiger partial charge in [0.25, 0.3) is 10.0 Å². The predicted octanol–water partition coefficient (Wildman–Crippen LogP) is 2.14. The van der Waals surface area contributed by atoms with Crippen molar-refractivity contribution in [3.63, 3.8) is 0 Å². The Morgan fingerprint density at radius 3 is 2.33 bits per heavy atom. The normalized spacial score (nSPS) is 11.5. The smallest absolute Gasteiger partial charge is 0.315 e. The molecule has 0 bridgehead atoms. The molecule has 0 saturated heterocycles. The number of rotatable bonds is 6. The van der Waals surface area contributed by atoms with E-state index < -0.39 is 10.0 Å². The summed E-state index contributed by atoms with van der Waals surface area (Å²) in [5.41, 5.74) is 0.780. The molecule has 0 fully saturated rings. The number of halogens is 1. The number of urea groups is 1. The van der Waals surface area contributed by atoms with E-state index in [0.29, 0.717) is 0 Å². The summed E-state index contributed by atoms with van der Waals surface area (Å²) in [7, 11) is -0.515. The Hall–Kier alpha value is -1.97. The van der Waals surface area contributed by atoms with Crippen molar-refractivity contribution in [3.05, 3.63) is 52.7 Å². The molecule has 6 nitrogen and oxygen atoms in total. The van der Waals surface area contributed by atoms with Gasteiger partial charge in [-0.15, -0.1) is 11.3 Å². The molecule has 0 aliphatic rings. The van der Waals surface area contributed by atoms with Gasteiger partial charge in [0.1, 0.15) is 10.0 Å². The van der Waals surface area contributed by atoms with Crippen LogP contribution < -0.4 is 10.6 Å². The Balaban J connectivity index is 1.84. The lowest BCUT2D eigenvalue weighted by Crippen LogP contribution is -2.34. The second-order valence-electron chi connectivity index (χ2n) is 5.17. The average Bonchev–Trinajstić information content (AvgIpc) is 3.02. The number of amides is 2. The van der Waals surface area contributed by atoms with Crippen molar-refractivity contribution in [2.24, 2.45) is 0 Å². The van der Waals surface area contributed by atoms with Gasteiger partial charge in [0.15, 0.2) is 0 Å². The van der Waals surface area contributed by atoms with Gasteiger partial charge in [-0.25, -0.2) is 21.9 Å². The number of carbonyl (C=O) groups excluding carboxylic acids is 1. The van der Waals surface area contributed by atoms with Crippen LogP contribution in [0.1, 0.15) is 10.4 Å². The Kier molecular flexibility index (Phi) is 5.92. The monoisotopic (exact) mass is 371 g/mol. The quantitative estimate of drug-likeness (QED) is 0.817. The Morgan fingerprint density at radius 1 is 1.08 bits per heavy atom.